The Bertz CT molecular complexity index is 535. The van der Waals surface area contributed by atoms with Crippen LogP contribution in [0.2, 0.25) is 5.02 Å². The van der Waals surface area contributed by atoms with Crippen LogP contribution >= 0.6 is 39.3 Å². The van der Waals surface area contributed by atoms with Crippen LogP contribution in [0.5, 0.6) is 0 Å². The molecule has 0 aliphatic heterocycles. The van der Waals surface area contributed by atoms with Crippen molar-refractivity contribution in [2.75, 3.05) is 11.9 Å². The summed E-state index contributed by atoms with van der Waals surface area (Å²) in [7, 11) is 0. The maximum absolute atomic E-state index is 6.07. The van der Waals surface area contributed by atoms with Crippen LogP contribution in [-0.2, 0) is 0 Å². The predicted molar refractivity (Wildman–Crippen MR) is 77.3 cm³/mol. The number of rotatable bonds is 4. The van der Waals surface area contributed by atoms with Crippen LogP contribution in [0.1, 0.15) is 6.92 Å². The second-order valence-electron chi connectivity index (χ2n) is 3.29. The molecular formula is C11H10BrClN4S. The summed E-state index contributed by atoms with van der Waals surface area (Å²) in [5.41, 5.74) is 0. The molecule has 0 unspecified atom stereocenters. The van der Waals surface area contributed by atoms with Crippen LogP contribution in [0.25, 0.3) is 0 Å². The summed E-state index contributed by atoms with van der Waals surface area (Å²) in [6, 6.07) is 3.83. The molecule has 0 bridgehead atoms. The van der Waals surface area contributed by atoms with E-state index < -0.39 is 0 Å². The minimum absolute atomic E-state index is 0.520. The largest absolute Gasteiger partial charge is 0.354 e. The average molecular weight is 346 g/mol. The van der Waals surface area contributed by atoms with Crippen LogP contribution in [0, 0.1) is 0 Å². The maximum atomic E-state index is 6.07. The van der Waals surface area contributed by atoms with E-state index in [1.54, 1.807) is 12.4 Å². The van der Waals surface area contributed by atoms with E-state index in [4.69, 9.17) is 11.6 Å². The highest BCUT2D eigenvalue weighted by atomic mass is 79.9. The van der Waals surface area contributed by atoms with Crippen LogP contribution in [-0.4, -0.2) is 21.5 Å². The summed E-state index contributed by atoms with van der Waals surface area (Å²) >= 11 is 10.8. The van der Waals surface area contributed by atoms with Crippen molar-refractivity contribution in [1.29, 1.82) is 0 Å². The lowest BCUT2D eigenvalue weighted by Crippen LogP contribution is -2.02. The Morgan fingerprint density at radius 2 is 2.17 bits per heavy atom. The quantitative estimate of drug-likeness (QED) is 0.852. The van der Waals surface area contributed by atoms with Gasteiger partial charge in [-0.05, 0) is 46.7 Å². The molecule has 2 aromatic rings. The Kier molecular flexibility index (Phi) is 4.79. The second kappa shape index (κ2) is 6.36. The van der Waals surface area contributed by atoms with Gasteiger partial charge in [-0.25, -0.2) is 15.0 Å². The molecule has 7 heteroatoms. The fourth-order valence-corrected chi connectivity index (χ4v) is 2.35. The Balaban J connectivity index is 2.22. The molecule has 0 fully saturated rings. The van der Waals surface area contributed by atoms with Gasteiger partial charge in [0.2, 0.25) is 5.95 Å². The molecule has 0 aliphatic rings. The topological polar surface area (TPSA) is 50.7 Å². The van der Waals surface area contributed by atoms with Gasteiger partial charge in [-0.15, -0.1) is 0 Å². The van der Waals surface area contributed by atoms with Crippen LogP contribution in [0.3, 0.4) is 0 Å². The third-order valence-corrected chi connectivity index (χ3v) is 3.76. The number of nitrogens with one attached hydrogen (secondary N) is 1. The van der Waals surface area contributed by atoms with Crippen molar-refractivity contribution in [2.45, 2.75) is 17.0 Å². The lowest BCUT2D eigenvalue weighted by atomic mass is 10.5. The highest BCUT2D eigenvalue weighted by Crippen LogP contribution is 2.30. The van der Waals surface area contributed by atoms with Gasteiger partial charge < -0.3 is 5.32 Å². The molecule has 0 atom stereocenters. The van der Waals surface area contributed by atoms with Gasteiger partial charge in [-0.1, -0.05) is 11.6 Å². The fraction of sp³-hybridized carbons (Fsp3) is 0.182. The number of anilines is 1. The summed E-state index contributed by atoms with van der Waals surface area (Å²) in [6.45, 7) is 2.75. The van der Waals surface area contributed by atoms with Gasteiger partial charge in [0.1, 0.15) is 10.1 Å². The molecule has 2 heterocycles. The van der Waals surface area contributed by atoms with Crippen molar-refractivity contribution in [3.63, 3.8) is 0 Å². The molecule has 1 N–H and O–H groups in total. The van der Waals surface area contributed by atoms with E-state index in [-0.39, 0.29) is 0 Å². The van der Waals surface area contributed by atoms with Crippen molar-refractivity contribution in [3.05, 3.63) is 34.0 Å². The van der Waals surface area contributed by atoms with Crippen molar-refractivity contribution in [3.8, 4) is 0 Å². The predicted octanol–water partition coefficient (Wildman–Crippen LogP) is 3.87. The second-order valence-corrected chi connectivity index (χ2v) is 5.63. The van der Waals surface area contributed by atoms with E-state index in [2.05, 4.69) is 36.2 Å². The van der Waals surface area contributed by atoms with Gasteiger partial charge in [-0.3, -0.25) is 0 Å². The van der Waals surface area contributed by atoms with E-state index in [9.17, 15) is 0 Å². The smallest absolute Gasteiger partial charge is 0.223 e. The number of nitrogens with zero attached hydrogens (tertiary/aromatic N) is 3. The third kappa shape index (κ3) is 3.57. The molecule has 2 rings (SSSR count). The van der Waals surface area contributed by atoms with Gasteiger partial charge in [0.05, 0.1) is 11.2 Å². The number of hydrogen-bond acceptors (Lipinski definition) is 5. The first-order chi connectivity index (χ1) is 8.69. The average Bonchev–Trinajstić information content (AvgIpc) is 2.36. The Labute approximate surface area is 123 Å². The summed E-state index contributed by atoms with van der Waals surface area (Å²) < 4.78 is 0.939. The van der Waals surface area contributed by atoms with Crippen molar-refractivity contribution >= 4 is 45.2 Å². The first kappa shape index (κ1) is 13.6. The lowest BCUT2D eigenvalue weighted by molar-refractivity contribution is 1.01. The van der Waals surface area contributed by atoms with Crippen LogP contribution < -0.4 is 5.32 Å². The van der Waals surface area contributed by atoms with E-state index in [1.165, 1.54) is 11.8 Å². The van der Waals surface area contributed by atoms with Crippen LogP contribution in [0.15, 0.2) is 39.1 Å². The Morgan fingerprint density at radius 3 is 2.83 bits per heavy atom. The number of aromatic nitrogens is 3. The Hall–Kier alpha value is -0.850. The van der Waals surface area contributed by atoms with Crippen molar-refractivity contribution in [1.82, 2.24) is 15.0 Å². The summed E-state index contributed by atoms with van der Waals surface area (Å²) in [5, 5.41) is 5.09. The SMILES string of the molecule is CCNc1ncc(Cl)c(Sc2ccc(Br)cn2)n1. The molecule has 0 saturated carbocycles. The zero-order valence-electron chi connectivity index (χ0n) is 9.52. The first-order valence-electron chi connectivity index (χ1n) is 5.25. The minimum atomic E-state index is 0.520. The molecule has 94 valence electrons. The van der Waals surface area contributed by atoms with Crippen molar-refractivity contribution in [2.24, 2.45) is 0 Å². The van der Waals surface area contributed by atoms with Gasteiger partial charge in [0, 0.05) is 17.2 Å². The number of hydrogen-bond donors (Lipinski definition) is 1. The Morgan fingerprint density at radius 1 is 1.33 bits per heavy atom. The highest BCUT2D eigenvalue weighted by molar-refractivity contribution is 9.10. The highest BCUT2D eigenvalue weighted by Gasteiger charge is 2.08. The zero-order chi connectivity index (χ0) is 13.0. The summed E-state index contributed by atoms with van der Waals surface area (Å²) in [5.74, 6) is 0.571. The van der Waals surface area contributed by atoms with Gasteiger partial charge >= 0.3 is 0 Å². The van der Waals surface area contributed by atoms with Gasteiger partial charge in [-0.2, -0.15) is 0 Å². The maximum Gasteiger partial charge on any atom is 0.223 e. The molecule has 0 amide bonds. The summed E-state index contributed by atoms with van der Waals surface area (Å²) in [4.78, 5) is 12.7. The summed E-state index contributed by atoms with van der Waals surface area (Å²) in [6.07, 6.45) is 3.33. The zero-order valence-corrected chi connectivity index (χ0v) is 12.7. The number of pyridine rings is 1. The molecule has 0 aliphatic carbocycles. The molecule has 4 nitrogen and oxygen atoms in total. The molecule has 0 aromatic carbocycles. The van der Waals surface area contributed by atoms with Crippen LogP contribution in [0.4, 0.5) is 5.95 Å². The standard InChI is InChI=1S/C11H10BrClN4S/c1-2-14-11-16-6-8(13)10(17-11)18-9-4-3-7(12)5-15-9/h3-6H,2H2,1H3,(H,14,16,17). The van der Waals surface area contributed by atoms with E-state index in [0.717, 1.165) is 16.0 Å². The number of halogens is 2. The fourth-order valence-electron chi connectivity index (χ4n) is 1.19. The van der Waals surface area contributed by atoms with Crippen molar-refractivity contribution < 1.29 is 0 Å². The molecule has 0 radical (unpaired) electrons. The van der Waals surface area contributed by atoms with E-state index >= 15 is 0 Å². The molecule has 2 aromatic heterocycles. The van der Waals surface area contributed by atoms with Gasteiger partial charge in [0.25, 0.3) is 0 Å². The third-order valence-electron chi connectivity index (χ3n) is 1.95. The molecular weight excluding hydrogens is 336 g/mol. The monoisotopic (exact) mass is 344 g/mol. The minimum Gasteiger partial charge on any atom is -0.354 e. The first-order valence-corrected chi connectivity index (χ1v) is 7.23. The van der Waals surface area contributed by atoms with Gasteiger partial charge in [0.15, 0.2) is 0 Å². The molecule has 0 spiro atoms. The molecule has 0 saturated heterocycles. The normalized spacial score (nSPS) is 10.4. The molecule has 18 heavy (non-hydrogen) atoms. The van der Waals surface area contributed by atoms with E-state index in [0.29, 0.717) is 16.0 Å². The van der Waals surface area contributed by atoms with E-state index in [1.807, 2.05) is 19.1 Å². The lowest BCUT2D eigenvalue weighted by Gasteiger charge is -2.05.